The summed E-state index contributed by atoms with van der Waals surface area (Å²) in [7, 11) is 0. The number of carbonyl (C=O) groups is 3. The number of hydrogen-bond acceptors (Lipinski definition) is 6. The fourth-order valence-corrected chi connectivity index (χ4v) is 6.13. The zero-order valence-corrected chi connectivity index (χ0v) is 27.7. The molecular weight excluding hydrogens is 596 g/mol. The van der Waals surface area contributed by atoms with Crippen molar-refractivity contribution in [1.82, 2.24) is 20.9 Å². The molecule has 0 aromatic heterocycles. The molecule has 1 saturated heterocycles. The monoisotopic (exact) mass is 644 g/mol. The third-order valence-corrected chi connectivity index (χ3v) is 8.50. The Morgan fingerprint density at radius 2 is 1.51 bits per heavy atom. The highest BCUT2D eigenvalue weighted by Gasteiger charge is 2.39. The van der Waals surface area contributed by atoms with Crippen molar-refractivity contribution in [3.8, 4) is 5.75 Å². The molecule has 5 N–H and O–H groups in total. The summed E-state index contributed by atoms with van der Waals surface area (Å²) in [5.41, 5.74) is 3.73. The lowest BCUT2D eigenvalue weighted by Crippen LogP contribution is -2.63. The van der Waals surface area contributed by atoms with Gasteiger partial charge >= 0.3 is 6.03 Å². The Morgan fingerprint density at radius 1 is 0.915 bits per heavy atom. The maximum Gasteiger partial charge on any atom is 0.320 e. The van der Waals surface area contributed by atoms with Crippen molar-refractivity contribution in [2.24, 2.45) is 5.92 Å². The molecule has 0 radical (unpaired) electrons. The highest BCUT2D eigenvalue weighted by molar-refractivity contribution is 5.88. The number of urea groups is 1. The molecule has 1 fully saturated rings. The van der Waals surface area contributed by atoms with Crippen LogP contribution in [0.2, 0.25) is 0 Å². The standard InChI is InChI=1S/C37H48N4O6/c1-24(2)34(41-33(44)18-19-38-37(41)46)36(45)39-29(20-27-14-7-5-8-15-27)22-31(42)30(21-28-16-9-6-10-17-28)40-32(43)23-47-35-25(3)12-11-13-26(35)4/h5-17,24,29-31,33-34,42,44H,18-23H2,1-4H3,(H,38,46)(H,39,45)(H,40,43)/t29-,30-,31-,33?,34-/m0/s1. The minimum atomic E-state index is -1.09. The number of ether oxygens (including phenoxy) is 1. The first-order chi connectivity index (χ1) is 22.5. The zero-order chi connectivity index (χ0) is 33.9. The molecule has 3 aromatic rings. The van der Waals surface area contributed by atoms with E-state index in [2.05, 4.69) is 16.0 Å². The van der Waals surface area contributed by atoms with Gasteiger partial charge in [-0.1, -0.05) is 92.7 Å². The van der Waals surface area contributed by atoms with Crippen LogP contribution >= 0.6 is 0 Å². The third-order valence-electron chi connectivity index (χ3n) is 8.50. The van der Waals surface area contributed by atoms with Crippen molar-refractivity contribution in [1.29, 1.82) is 0 Å². The Kier molecular flexibility index (Phi) is 12.8. The van der Waals surface area contributed by atoms with Gasteiger partial charge in [-0.05, 0) is 61.3 Å². The van der Waals surface area contributed by atoms with Crippen LogP contribution < -0.4 is 20.7 Å². The number of amides is 4. The summed E-state index contributed by atoms with van der Waals surface area (Å²) in [5, 5.41) is 31.2. The number of carbonyl (C=O) groups excluding carboxylic acids is 3. The summed E-state index contributed by atoms with van der Waals surface area (Å²) >= 11 is 0. The normalized spacial score (nSPS) is 17.3. The Balaban J connectivity index is 1.54. The Bertz CT molecular complexity index is 1450. The van der Waals surface area contributed by atoms with Crippen LogP contribution in [-0.4, -0.2) is 76.6 Å². The van der Waals surface area contributed by atoms with E-state index in [4.69, 9.17) is 4.74 Å². The van der Waals surface area contributed by atoms with Crippen molar-refractivity contribution in [2.45, 2.75) is 83.8 Å². The van der Waals surface area contributed by atoms with E-state index in [-0.39, 0.29) is 24.9 Å². The summed E-state index contributed by atoms with van der Waals surface area (Å²) < 4.78 is 5.89. The lowest BCUT2D eigenvalue weighted by molar-refractivity contribution is -0.133. The van der Waals surface area contributed by atoms with Gasteiger partial charge in [-0.15, -0.1) is 0 Å². The van der Waals surface area contributed by atoms with E-state index in [9.17, 15) is 24.6 Å². The Morgan fingerprint density at radius 3 is 2.09 bits per heavy atom. The van der Waals surface area contributed by atoms with Crippen molar-refractivity contribution in [3.63, 3.8) is 0 Å². The van der Waals surface area contributed by atoms with E-state index < -0.39 is 42.4 Å². The molecule has 1 aliphatic heterocycles. The first-order valence-electron chi connectivity index (χ1n) is 16.3. The van der Waals surface area contributed by atoms with Gasteiger partial charge in [-0.2, -0.15) is 0 Å². The minimum Gasteiger partial charge on any atom is -0.483 e. The number of para-hydroxylation sites is 1. The molecule has 0 saturated carbocycles. The predicted molar refractivity (Wildman–Crippen MR) is 181 cm³/mol. The number of aliphatic hydroxyl groups is 2. The third kappa shape index (κ3) is 10.0. The quantitative estimate of drug-likeness (QED) is 0.171. The first-order valence-corrected chi connectivity index (χ1v) is 16.3. The molecule has 3 aromatic carbocycles. The Hall–Kier alpha value is -4.41. The molecule has 47 heavy (non-hydrogen) atoms. The van der Waals surface area contributed by atoms with Crippen LogP contribution in [-0.2, 0) is 22.4 Å². The molecule has 0 bridgehead atoms. The SMILES string of the molecule is Cc1cccc(C)c1OCC(=O)N[C@@H](Cc1ccccc1)[C@@H](O)C[C@H](Cc1ccccc1)NC(=O)[C@H](C(C)C)N1C(=O)NCCC1O. The Labute approximate surface area is 277 Å². The van der Waals surface area contributed by atoms with E-state index in [1.165, 1.54) is 4.90 Å². The van der Waals surface area contributed by atoms with Gasteiger partial charge in [0, 0.05) is 19.0 Å². The topological polar surface area (TPSA) is 140 Å². The fraction of sp³-hybridized carbons (Fsp3) is 0.432. The molecule has 1 aliphatic rings. The van der Waals surface area contributed by atoms with Gasteiger partial charge in [-0.3, -0.25) is 14.5 Å². The molecule has 4 amide bonds. The number of rotatable bonds is 15. The van der Waals surface area contributed by atoms with Crippen LogP contribution in [0, 0.1) is 19.8 Å². The number of aliphatic hydroxyl groups excluding tert-OH is 2. The molecule has 1 heterocycles. The molecule has 0 aliphatic carbocycles. The lowest BCUT2D eigenvalue weighted by atomic mass is 9.92. The van der Waals surface area contributed by atoms with Gasteiger partial charge < -0.3 is 30.9 Å². The molecule has 10 nitrogen and oxygen atoms in total. The van der Waals surface area contributed by atoms with E-state index >= 15 is 0 Å². The largest absolute Gasteiger partial charge is 0.483 e. The second-order valence-electron chi connectivity index (χ2n) is 12.7. The lowest BCUT2D eigenvalue weighted by Gasteiger charge is -2.40. The molecule has 5 atom stereocenters. The second-order valence-corrected chi connectivity index (χ2v) is 12.7. The minimum absolute atomic E-state index is 0.121. The second kappa shape index (κ2) is 16.9. The van der Waals surface area contributed by atoms with E-state index in [0.29, 0.717) is 31.6 Å². The predicted octanol–water partition coefficient (Wildman–Crippen LogP) is 3.65. The smallest absolute Gasteiger partial charge is 0.320 e. The van der Waals surface area contributed by atoms with Gasteiger partial charge in [0.25, 0.3) is 5.91 Å². The fourth-order valence-electron chi connectivity index (χ4n) is 6.13. The molecule has 0 spiro atoms. The number of hydrogen-bond donors (Lipinski definition) is 5. The van der Waals surface area contributed by atoms with Crippen molar-refractivity contribution in [3.05, 3.63) is 101 Å². The number of benzene rings is 3. The van der Waals surface area contributed by atoms with Crippen molar-refractivity contribution < 1.29 is 29.3 Å². The van der Waals surface area contributed by atoms with Crippen LogP contribution in [0.5, 0.6) is 5.75 Å². The van der Waals surface area contributed by atoms with Crippen molar-refractivity contribution in [2.75, 3.05) is 13.2 Å². The van der Waals surface area contributed by atoms with Crippen LogP contribution in [0.25, 0.3) is 0 Å². The highest BCUT2D eigenvalue weighted by Crippen LogP contribution is 2.23. The summed E-state index contributed by atoms with van der Waals surface area (Å²) in [6.45, 7) is 7.61. The molecule has 10 heteroatoms. The number of aryl methyl sites for hydroxylation is 2. The van der Waals surface area contributed by atoms with E-state index in [1.807, 2.05) is 107 Å². The molecule has 252 valence electrons. The maximum atomic E-state index is 13.9. The summed E-state index contributed by atoms with van der Waals surface area (Å²) in [6.07, 6.45) is -0.938. The zero-order valence-electron chi connectivity index (χ0n) is 27.7. The van der Waals surface area contributed by atoms with Crippen LogP contribution in [0.15, 0.2) is 78.9 Å². The molecule has 4 rings (SSSR count). The van der Waals surface area contributed by atoms with Gasteiger partial charge in [-0.25, -0.2) is 4.79 Å². The average Bonchev–Trinajstić information content (AvgIpc) is 3.03. The number of nitrogens with zero attached hydrogens (tertiary/aromatic N) is 1. The summed E-state index contributed by atoms with van der Waals surface area (Å²) in [5.74, 6) is -0.436. The van der Waals surface area contributed by atoms with Crippen molar-refractivity contribution >= 4 is 17.8 Å². The number of nitrogens with one attached hydrogen (secondary N) is 3. The molecular formula is C37H48N4O6. The summed E-state index contributed by atoms with van der Waals surface area (Å²) in [6, 6.07) is 22.3. The van der Waals surface area contributed by atoms with Gasteiger partial charge in [0.1, 0.15) is 18.0 Å². The first kappa shape index (κ1) is 35.4. The van der Waals surface area contributed by atoms with Crippen LogP contribution in [0.3, 0.4) is 0 Å². The van der Waals surface area contributed by atoms with Crippen LogP contribution in [0.4, 0.5) is 4.79 Å². The average molecular weight is 645 g/mol. The van der Waals surface area contributed by atoms with Gasteiger partial charge in [0.15, 0.2) is 6.61 Å². The highest BCUT2D eigenvalue weighted by atomic mass is 16.5. The maximum absolute atomic E-state index is 13.9. The van der Waals surface area contributed by atoms with Gasteiger partial charge in [0.05, 0.1) is 12.1 Å². The molecule has 1 unspecified atom stereocenters. The van der Waals surface area contributed by atoms with Crippen LogP contribution in [0.1, 0.15) is 48.9 Å². The van der Waals surface area contributed by atoms with E-state index in [1.54, 1.807) is 0 Å². The van der Waals surface area contributed by atoms with E-state index in [0.717, 1.165) is 22.3 Å². The summed E-state index contributed by atoms with van der Waals surface area (Å²) in [4.78, 5) is 41.0. The van der Waals surface area contributed by atoms with Gasteiger partial charge in [0.2, 0.25) is 5.91 Å².